The lowest BCUT2D eigenvalue weighted by Gasteiger charge is -2.18. The van der Waals surface area contributed by atoms with Crippen LogP contribution in [-0.2, 0) is 9.59 Å². The molecule has 0 spiro atoms. The van der Waals surface area contributed by atoms with Gasteiger partial charge in [-0.15, -0.1) is 0 Å². The Hall–Kier alpha value is -2.36. The van der Waals surface area contributed by atoms with Crippen LogP contribution in [0.25, 0.3) is 0 Å². The molecule has 1 atom stereocenters. The Labute approximate surface area is 125 Å². The van der Waals surface area contributed by atoms with E-state index in [4.69, 9.17) is 5.11 Å². The molecule has 2 N–H and O–H groups in total. The van der Waals surface area contributed by atoms with Crippen molar-refractivity contribution < 1.29 is 14.7 Å². The van der Waals surface area contributed by atoms with E-state index in [1.54, 1.807) is 0 Å². The van der Waals surface area contributed by atoms with Gasteiger partial charge in [-0.25, -0.2) is 4.79 Å². The van der Waals surface area contributed by atoms with Gasteiger partial charge in [0.15, 0.2) is 0 Å². The largest absolute Gasteiger partial charge is 0.478 e. The van der Waals surface area contributed by atoms with Gasteiger partial charge in [-0.05, 0) is 25.0 Å². The number of carbonyl (C=O) groups is 2. The molecule has 1 rings (SSSR count). The number of rotatable bonds is 7. The maximum absolute atomic E-state index is 12.1. The zero-order valence-corrected chi connectivity index (χ0v) is 12.4. The average molecular weight is 287 g/mol. The van der Waals surface area contributed by atoms with Crippen LogP contribution in [-0.4, -0.2) is 17.0 Å². The maximum Gasteiger partial charge on any atom is 0.331 e. The fourth-order valence-corrected chi connectivity index (χ4v) is 1.94. The van der Waals surface area contributed by atoms with Crippen LogP contribution in [0, 0.1) is 0 Å². The molecule has 0 saturated heterocycles. The minimum atomic E-state index is -1.06. The third-order valence-corrected chi connectivity index (χ3v) is 3.10. The van der Waals surface area contributed by atoms with Gasteiger partial charge in [0.2, 0.25) is 0 Å². The third-order valence-electron chi connectivity index (χ3n) is 3.10. The molecule has 0 aliphatic carbocycles. The molecule has 0 aliphatic rings. The number of hydrogen-bond donors (Lipinski definition) is 2. The zero-order valence-electron chi connectivity index (χ0n) is 12.4. The summed E-state index contributed by atoms with van der Waals surface area (Å²) in [5.41, 5.74) is 1.26. The van der Waals surface area contributed by atoms with Crippen LogP contribution in [0.5, 0.6) is 0 Å². The van der Waals surface area contributed by atoms with Gasteiger partial charge in [0.05, 0.1) is 6.04 Å². The lowest BCUT2D eigenvalue weighted by atomic mass is 10.0. The Morgan fingerprint density at radius 3 is 2.48 bits per heavy atom. The van der Waals surface area contributed by atoms with Gasteiger partial charge in [-0.2, -0.15) is 0 Å². The number of aliphatic carboxylic acids is 1. The number of hydrogen-bond acceptors (Lipinski definition) is 2. The van der Waals surface area contributed by atoms with E-state index in [1.165, 1.54) is 13.0 Å². The SMILES string of the molecule is C=C(/C=C(\C)C(=O)O)C(=O)N[C@H](CCC)c1ccccc1. The molecule has 0 fully saturated rings. The molecule has 0 aromatic heterocycles. The molecular formula is C17H21NO3. The molecule has 0 saturated carbocycles. The highest BCUT2D eigenvalue weighted by atomic mass is 16.4. The molecule has 0 radical (unpaired) electrons. The normalized spacial score (nSPS) is 12.6. The summed E-state index contributed by atoms with van der Waals surface area (Å²) in [5, 5.41) is 11.7. The van der Waals surface area contributed by atoms with Crippen molar-refractivity contribution in [3.05, 3.63) is 59.7 Å². The fourth-order valence-electron chi connectivity index (χ4n) is 1.94. The minimum absolute atomic E-state index is 0.0851. The highest BCUT2D eigenvalue weighted by Gasteiger charge is 2.15. The Bertz CT molecular complexity index is 546. The summed E-state index contributed by atoms with van der Waals surface area (Å²) in [4.78, 5) is 22.9. The molecule has 0 unspecified atom stereocenters. The smallest absolute Gasteiger partial charge is 0.331 e. The van der Waals surface area contributed by atoms with Gasteiger partial charge in [0.25, 0.3) is 5.91 Å². The summed E-state index contributed by atoms with van der Waals surface area (Å²) in [6.45, 7) is 7.11. The molecule has 21 heavy (non-hydrogen) atoms. The summed E-state index contributed by atoms with van der Waals surface area (Å²) in [5.74, 6) is -1.41. The van der Waals surface area contributed by atoms with Gasteiger partial charge in [-0.3, -0.25) is 4.79 Å². The van der Waals surface area contributed by atoms with Crippen LogP contribution in [0.1, 0.15) is 38.3 Å². The molecule has 1 amide bonds. The monoisotopic (exact) mass is 287 g/mol. The summed E-state index contributed by atoms with van der Waals surface area (Å²) >= 11 is 0. The average Bonchev–Trinajstić information content (AvgIpc) is 2.47. The quantitative estimate of drug-likeness (QED) is 0.597. The summed E-state index contributed by atoms with van der Waals surface area (Å²) in [7, 11) is 0. The van der Waals surface area contributed by atoms with Crippen molar-refractivity contribution in [3.63, 3.8) is 0 Å². The first-order valence-corrected chi connectivity index (χ1v) is 6.92. The molecule has 4 nitrogen and oxygen atoms in total. The molecule has 112 valence electrons. The summed E-state index contributed by atoms with van der Waals surface area (Å²) < 4.78 is 0. The first-order valence-electron chi connectivity index (χ1n) is 6.92. The maximum atomic E-state index is 12.1. The van der Waals surface area contributed by atoms with Crippen LogP contribution < -0.4 is 5.32 Å². The number of amides is 1. The van der Waals surface area contributed by atoms with Gasteiger partial charge in [0.1, 0.15) is 0 Å². The van der Waals surface area contributed by atoms with Gasteiger partial charge in [0, 0.05) is 11.1 Å². The van der Waals surface area contributed by atoms with E-state index in [0.717, 1.165) is 18.4 Å². The fraction of sp³-hybridized carbons (Fsp3) is 0.294. The lowest BCUT2D eigenvalue weighted by Crippen LogP contribution is -2.29. The Morgan fingerprint density at radius 2 is 1.95 bits per heavy atom. The van der Waals surface area contributed by atoms with E-state index in [9.17, 15) is 9.59 Å². The zero-order chi connectivity index (χ0) is 15.8. The molecule has 0 aliphatic heterocycles. The highest BCUT2D eigenvalue weighted by Crippen LogP contribution is 2.18. The predicted molar refractivity (Wildman–Crippen MR) is 82.8 cm³/mol. The van der Waals surface area contributed by atoms with Crippen molar-refractivity contribution in [1.82, 2.24) is 5.32 Å². The topological polar surface area (TPSA) is 66.4 Å². The lowest BCUT2D eigenvalue weighted by molar-refractivity contribution is -0.132. The van der Waals surface area contributed by atoms with Crippen LogP contribution in [0.2, 0.25) is 0 Å². The van der Waals surface area contributed by atoms with Crippen molar-refractivity contribution in [2.24, 2.45) is 0 Å². The van der Waals surface area contributed by atoms with E-state index in [-0.39, 0.29) is 23.1 Å². The Morgan fingerprint density at radius 1 is 1.33 bits per heavy atom. The number of carbonyl (C=O) groups excluding carboxylic acids is 1. The van der Waals surface area contributed by atoms with E-state index in [0.29, 0.717) is 0 Å². The van der Waals surface area contributed by atoms with Gasteiger partial charge < -0.3 is 10.4 Å². The van der Waals surface area contributed by atoms with E-state index in [1.807, 2.05) is 37.3 Å². The van der Waals surface area contributed by atoms with Gasteiger partial charge >= 0.3 is 5.97 Å². The third kappa shape index (κ3) is 5.26. The summed E-state index contributed by atoms with van der Waals surface area (Å²) in [6.07, 6.45) is 3.02. The first kappa shape index (κ1) is 16.7. The second-order valence-corrected chi connectivity index (χ2v) is 4.88. The molecule has 0 heterocycles. The molecule has 4 heteroatoms. The van der Waals surface area contributed by atoms with Crippen LogP contribution in [0.4, 0.5) is 0 Å². The van der Waals surface area contributed by atoms with Crippen molar-refractivity contribution in [1.29, 1.82) is 0 Å². The number of carboxylic acid groups (broad SMARTS) is 1. The second kappa shape index (κ2) is 8.04. The Kier molecular flexibility index (Phi) is 6.40. The molecule has 1 aromatic carbocycles. The van der Waals surface area contributed by atoms with Crippen molar-refractivity contribution in [2.45, 2.75) is 32.7 Å². The van der Waals surface area contributed by atoms with E-state index < -0.39 is 5.97 Å². The van der Waals surface area contributed by atoms with Gasteiger partial charge in [-0.1, -0.05) is 50.3 Å². The van der Waals surface area contributed by atoms with E-state index >= 15 is 0 Å². The van der Waals surface area contributed by atoms with Crippen molar-refractivity contribution in [2.75, 3.05) is 0 Å². The summed E-state index contributed by atoms with van der Waals surface area (Å²) in [6, 6.07) is 9.59. The second-order valence-electron chi connectivity index (χ2n) is 4.88. The number of benzene rings is 1. The highest BCUT2D eigenvalue weighted by molar-refractivity contribution is 5.98. The van der Waals surface area contributed by atoms with Crippen molar-refractivity contribution >= 4 is 11.9 Å². The number of carboxylic acids is 1. The van der Waals surface area contributed by atoms with Crippen LogP contribution in [0.3, 0.4) is 0 Å². The standard InChI is InChI=1S/C17H21NO3/c1-4-8-15(14-9-6-5-7-10-14)18-16(19)12(2)11-13(3)17(20)21/h5-7,9-11,15H,2,4,8H2,1,3H3,(H,18,19)(H,20,21)/b13-11+/t15-/m1/s1. The van der Waals surface area contributed by atoms with Crippen molar-refractivity contribution in [3.8, 4) is 0 Å². The number of nitrogens with one attached hydrogen (secondary N) is 1. The minimum Gasteiger partial charge on any atom is -0.478 e. The van der Waals surface area contributed by atoms with Crippen LogP contribution >= 0.6 is 0 Å². The predicted octanol–water partition coefficient (Wildman–Crippen LogP) is 3.23. The first-order chi connectivity index (χ1) is 9.95. The molecular weight excluding hydrogens is 266 g/mol. The Balaban J connectivity index is 2.80. The van der Waals surface area contributed by atoms with E-state index in [2.05, 4.69) is 11.9 Å². The molecule has 0 bridgehead atoms. The molecule has 1 aromatic rings. The van der Waals surface area contributed by atoms with Crippen LogP contribution in [0.15, 0.2) is 54.1 Å².